The molecule has 1 atom stereocenters. The minimum Gasteiger partial charge on any atom is -0.486 e. The third-order valence-corrected chi connectivity index (χ3v) is 3.90. The fourth-order valence-corrected chi connectivity index (χ4v) is 2.59. The number of benzene rings is 2. The van der Waals surface area contributed by atoms with Gasteiger partial charge in [0.2, 0.25) is 0 Å². The average Bonchev–Trinajstić information content (AvgIpc) is 3.26. The van der Waals surface area contributed by atoms with E-state index in [-0.39, 0.29) is 18.6 Å². The first-order chi connectivity index (χ1) is 13.3. The Balaban J connectivity index is 1.25. The predicted molar refractivity (Wildman–Crippen MR) is 94.0 cm³/mol. The molecule has 1 N–H and O–H groups in total. The number of rotatable bonds is 6. The third-order valence-electron chi connectivity index (χ3n) is 3.90. The number of fused-ring (bicyclic) bond motifs is 1. The first-order valence-corrected chi connectivity index (χ1v) is 8.39. The highest BCUT2D eigenvalue weighted by Gasteiger charge is 2.21. The molecule has 138 valence electrons. The topological polar surface area (TPSA) is 100 Å². The van der Waals surface area contributed by atoms with Crippen LogP contribution in [0, 0.1) is 0 Å². The van der Waals surface area contributed by atoms with Crippen molar-refractivity contribution >= 4 is 5.91 Å². The number of ether oxygens (including phenoxy) is 3. The maximum atomic E-state index is 12.0. The lowest BCUT2D eigenvalue weighted by molar-refractivity contribution is -0.123. The maximum absolute atomic E-state index is 12.0. The SMILES string of the molecule is O=C(COc1cccc(-n2cnnn2)c1)NC[C@H]1COc2ccccc2O1. The van der Waals surface area contributed by atoms with Crippen LogP contribution < -0.4 is 19.5 Å². The molecule has 0 spiro atoms. The van der Waals surface area contributed by atoms with Crippen molar-refractivity contribution in [3.63, 3.8) is 0 Å². The Morgan fingerprint density at radius 2 is 2.11 bits per heavy atom. The minimum absolute atomic E-state index is 0.108. The summed E-state index contributed by atoms with van der Waals surface area (Å²) in [5.41, 5.74) is 0.740. The van der Waals surface area contributed by atoms with Crippen molar-refractivity contribution in [1.29, 1.82) is 0 Å². The van der Waals surface area contributed by atoms with Crippen LogP contribution in [0.5, 0.6) is 17.2 Å². The van der Waals surface area contributed by atoms with Crippen LogP contribution in [0.1, 0.15) is 0 Å². The number of nitrogens with one attached hydrogen (secondary N) is 1. The van der Waals surface area contributed by atoms with Crippen LogP contribution in [0.3, 0.4) is 0 Å². The normalized spacial score (nSPS) is 15.2. The van der Waals surface area contributed by atoms with Crippen molar-refractivity contribution in [3.8, 4) is 22.9 Å². The van der Waals surface area contributed by atoms with Gasteiger partial charge in [0.15, 0.2) is 18.1 Å². The fourth-order valence-electron chi connectivity index (χ4n) is 2.59. The molecular formula is C18H17N5O4. The lowest BCUT2D eigenvalue weighted by atomic mass is 10.2. The van der Waals surface area contributed by atoms with Gasteiger partial charge >= 0.3 is 0 Å². The highest BCUT2D eigenvalue weighted by Crippen LogP contribution is 2.30. The van der Waals surface area contributed by atoms with Gasteiger partial charge in [-0.1, -0.05) is 18.2 Å². The van der Waals surface area contributed by atoms with Gasteiger partial charge in [-0.2, -0.15) is 0 Å². The zero-order valence-electron chi connectivity index (χ0n) is 14.3. The minimum atomic E-state index is -0.245. The molecule has 0 saturated heterocycles. The molecule has 3 aromatic rings. The molecule has 1 aromatic heterocycles. The summed E-state index contributed by atoms with van der Waals surface area (Å²) >= 11 is 0. The summed E-state index contributed by atoms with van der Waals surface area (Å²) in [6.07, 6.45) is 1.24. The molecule has 1 aliphatic rings. The van der Waals surface area contributed by atoms with Crippen LogP contribution in [0.15, 0.2) is 54.9 Å². The molecule has 9 heteroatoms. The van der Waals surface area contributed by atoms with Gasteiger partial charge in [0.05, 0.1) is 12.2 Å². The summed E-state index contributed by atoms with van der Waals surface area (Å²) in [4.78, 5) is 12.0. The average molecular weight is 367 g/mol. The van der Waals surface area contributed by atoms with Crippen LogP contribution in [0.2, 0.25) is 0 Å². The molecule has 0 radical (unpaired) electrons. The molecule has 0 unspecified atom stereocenters. The van der Waals surface area contributed by atoms with Crippen LogP contribution >= 0.6 is 0 Å². The Kier molecular flexibility index (Phi) is 4.82. The van der Waals surface area contributed by atoms with Gasteiger partial charge < -0.3 is 19.5 Å². The van der Waals surface area contributed by atoms with E-state index >= 15 is 0 Å². The van der Waals surface area contributed by atoms with Crippen LogP contribution in [0.4, 0.5) is 0 Å². The summed E-state index contributed by atoms with van der Waals surface area (Å²) < 4.78 is 18.5. The summed E-state index contributed by atoms with van der Waals surface area (Å²) in [6.45, 7) is 0.608. The van der Waals surface area contributed by atoms with Crippen LogP contribution in [0.25, 0.3) is 5.69 Å². The zero-order valence-corrected chi connectivity index (χ0v) is 14.3. The van der Waals surface area contributed by atoms with Gasteiger partial charge in [-0.05, 0) is 34.7 Å². The number of carbonyl (C=O) groups excluding carboxylic acids is 1. The first-order valence-electron chi connectivity index (χ1n) is 8.39. The fraction of sp³-hybridized carbons (Fsp3) is 0.222. The number of tetrazole rings is 1. The van der Waals surface area contributed by atoms with Crippen LogP contribution in [-0.2, 0) is 4.79 Å². The number of carbonyl (C=O) groups is 1. The quantitative estimate of drug-likeness (QED) is 0.693. The largest absolute Gasteiger partial charge is 0.486 e. The highest BCUT2D eigenvalue weighted by atomic mass is 16.6. The highest BCUT2D eigenvalue weighted by molar-refractivity contribution is 5.77. The van der Waals surface area contributed by atoms with Gasteiger partial charge in [-0.3, -0.25) is 4.79 Å². The lowest BCUT2D eigenvalue weighted by Crippen LogP contribution is -2.42. The number of hydrogen-bond donors (Lipinski definition) is 1. The number of aromatic nitrogens is 4. The van der Waals surface area contributed by atoms with E-state index in [1.807, 2.05) is 30.3 Å². The van der Waals surface area contributed by atoms with E-state index in [2.05, 4.69) is 20.8 Å². The van der Waals surface area contributed by atoms with E-state index in [4.69, 9.17) is 14.2 Å². The van der Waals surface area contributed by atoms with Crippen molar-refractivity contribution in [2.24, 2.45) is 0 Å². The molecule has 2 aromatic carbocycles. The van der Waals surface area contributed by atoms with Crippen molar-refractivity contribution in [2.75, 3.05) is 19.8 Å². The molecule has 9 nitrogen and oxygen atoms in total. The zero-order chi connectivity index (χ0) is 18.5. The maximum Gasteiger partial charge on any atom is 0.258 e. The van der Waals surface area contributed by atoms with Gasteiger partial charge in [0, 0.05) is 6.07 Å². The number of nitrogens with zero attached hydrogens (tertiary/aromatic N) is 4. The predicted octanol–water partition coefficient (Wildman–Crippen LogP) is 0.997. The molecule has 0 aliphatic carbocycles. The molecular weight excluding hydrogens is 350 g/mol. The van der Waals surface area contributed by atoms with Gasteiger partial charge in [0.1, 0.15) is 24.8 Å². The lowest BCUT2D eigenvalue weighted by Gasteiger charge is -2.26. The molecule has 1 amide bonds. The Morgan fingerprint density at radius 1 is 1.22 bits per heavy atom. The van der Waals surface area contributed by atoms with Crippen LogP contribution in [-0.4, -0.2) is 52.0 Å². The standard InChI is InChI=1S/C18H17N5O4/c24-18(19-9-15-10-26-16-6-1-2-7-17(16)27-15)11-25-14-5-3-4-13(8-14)23-12-20-21-22-23/h1-8,12,15H,9-11H2,(H,19,24)/t15-/m0/s1. The Hall–Kier alpha value is -3.62. The molecule has 27 heavy (non-hydrogen) atoms. The van der Waals surface area contributed by atoms with Gasteiger partial charge in [0.25, 0.3) is 5.91 Å². The smallest absolute Gasteiger partial charge is 0.258 e. The van der Waals surface area contributed by atoms with E-state index in [1.54, 1.807) is 18.2 Å². The molecule has 0 bridgehead atoms. The Labute approximate surface area is 154 Å². The van der Waals surface area contributed by atoms with E-state index in [0.717, 1.165) is 5.69 Å². The Bertz CT molecular complexity index is 916. The molecule has 2 heterocycles. The molecule has 4 rings (SSSR count). The summed E-state index contributed by atoms with van der Waals surface area (Å²) in [5, 5.41) is 13.8. The summed E-state index contributed by atoms with van der Waals surface area (Å²) in [6, 6.07) is 14.6. The van der Waals surface area contributed by atoms with Crippen molar-refractivity contribution in [2.45, 2.75) is 6.10 Å². The van der Waals surface area contributed by atoms with Crippen molar-refractivity contribution in [3.05, 3.63) is 54.9 Å². The van der Waals surface area contributed by atoms with E-state index in [9.17, 15) is 4.79 Å². The monoisotopic (exact) mass is 367 g/mol. The number of para-hydroxylation sites is 2. The van der Waals surface area contributed by atoms with Gasteiger partial charge in [-0.15, -0.1) is 5.10 Å². The summed E-state index contributed by atoms with van der Waals surface area (Å²) in [5.74, 6) is 1.69. The third kappa shape index (κ3) is 4.14. The van der Waals surface area contributed by atoms with E-state index < -0.39 is 0 Å². The molecule has 1 aliphatic heterocycles. The number of amides is 1. The second kappa shape index (κ2) is 7.73. The first kappa shape index (κ1) is 16.8. The molecule has 0 fully saturated rings. The van der Waals surface area contributed by atoms with Crippen molar-refractivity contribution < 1.29 is 19.0 Å². The second-order valence-electron chi connectivity index (χ2n) is 5.84. The van der Waals surface area contributed by atoms with Gasteiger partial charge in [-0.25, -0.2) is 4.68 Å². The molecule has 0 saturated carbocycles. The second-order valence-corrected chi connectivity index (χ2v) is 5.84. The number of hydrogen-bond acceptors (Lipinski definition) is 7. The van der Waals surface area contributed by atoms with E-state index in [1.165, 1.54) is 11.0 Å². The van der Waals surface area contributed by atoms with Crippen molar-refractivity contribution in [1.82, 2.24) is 25.5 Å². The van der Waals surface area contributed by atoms with E-state index in [0.29, 0.717) is 30.4 Å². The summed E-state index contributed by atoms with van der Waals surface area (Å²) in [7, 11) is 0. The Morgan fingerprint density at radius 3 is 2.96 bits per heavy atom.